The molecule has 1 saturated heterocycles. The van der Waals surface area contributed by atoms with Gasteiger partial charge in [0.15, 0.2) is 0 Å². The molecule has 0 radical (unpaired) electrons. The van der Waals surface area contributed by atoms with Crippen molar-refractivity contribution < 1.29 is 19.4 Å². The molecule has 2 aromatic rings. The molecule has 136 valence electrons. The molecule has 2 aromatic carbocycles. The van der Waals surface area contributed by atoms with E-state index in [1.165, 1.54) is 0 Å². The highest BCUT2D eigenvalue weighted by Gasteiger charge is 2.30. The molecule has 6 heteroatoms. The standard InChI is InChI=1S/C20H20ClNO4/c21-19-15(13-5-7-14(8-6-13)26-12-2-11-23)3-1-4-16(19)17-9-10-18(24)22-20(17)25/h1,3-8,17,23H,2,9-12H2,(H,22,24,25). The summed E-state index contributed by atoms with van der Waals surface area (Å²) >= 11 is 6.60. The number of amides is 2. The summed E-state index contributed by atoms with van der Waals surface area (Å²) in [6, 6.07) is 13.1. The Morgan fingerprint density at radius 1 is 1.15 bits per heavy atom. The number of hydrogen-bond acceptors (Lipinski definition) is 4. The second kappa shape index (κ2) is 8.34. The molecule has 26 heavy (non-hydrogen) atoms. The largest absolute Gasteiger partial charge is 0.494 e. The zero-order chi connectivity index (χ0) is 18.5. The summed E-state index contributed by atoms with van der Waals surface area (Å²) in [5.74, 6) is -0.232. The second-order valence-electron chi connectivity index (χ2n) is 6.16. The maximum absolute atomic E-state index is 12.2. The van der Waals surface area contributed by atoms with Crippen molar-refractivity contribution in [2.24, 2.45) is 0 Å². The van der Waals surface area contributed by atoms with E-state index in [0.29, 0.717) is 30.9 Å². The number of carbonyl (C=O) groups excluding carboxylic acids is 2. The molecular weight excluding hydrogens is 354 g/mol. The first kappa shape index (κ1) is 18.4. The smallest absolute Gasteiger partial charge is 0.234 e. The lowest BCUT2D eigenvalue weighted by molar-refractivity contribution is -0.134. The minimum atomic E-state index is -0.416. The van der Waals surface area contributed by atoms with Crippen LogP contribution in [0.4, 0.5) is 0 Å². The highest BCUT2D eigenvalue weighted by molar-refractivity contribution is 6.34. The molecule has 1 heterocycles. The van der Waals surface area contributed by atoms with Crippen molar-refractivity contribution >= 4 is 23.4 Å². The monoisotopic (exact) mass is 373 g/mol. The molecule has 5 nitrogen and oxygen atoms in total. The Labute approximate surface area is 156 Å². The first-order valence-corrected chi connectivity index (χ1v) is 8.94. The molecule has 1 fully saturated rings. The van der Waals surface area contributed by atoms with E-state index in [1.54, 1.807) is 0 Å². The van der Waals surface area contributed by atoms with Crippen LogP contribution in [0.25, 0.3) is 11.1 Å². The fourth-order valence-electron chi connectivity index (χ4n) is 3.02. The van der Waals surface area contributed by atoms with Crippen molar-refractivity contribution in [1.29, 1.82) is 0 Å². The lowest BCUT2D eigenvalue weighted by Crippen LogP contribution is -2.39. The molecule has 0 spiro atoms. The van der Waals surface area contributed by atoms with Gasteiger partial charge in [-0.3, -0.25) is 14.9 Å². The van der Waals surface area contributed by atoms with E-state index >= 15 is 0 Å². The summed E-state index contributed by atoms with van der Waals surface area (Å²) in [4.78, 5) is 23.5. The minimum absolute atomic E-state index is 0.0980. The van der Waals surface area contributed by atoms with Crippen LogP contribution < -0.4 is 10.1 Å². The summed E-state index contributed by atoms with van der Waals surface area (Å²) in [7, 11) is 0. The van der Waals surface area contributed by atoms with Crippen molar-refractivity contribution in [3.05, 3.63) is 53.1 Å². The summed E-state index contributed by atoms with van der Waals surface area (Å²) in [5, 5.41) is 11.7. The van der Waals surface area contributed by atoms with Crippen LogP contribution >= 0.6 is 11.6 Å². The number of benzene rings is 2. The number of aliphatic hydroxyl groups is 1. The number of rotatable bonds is 6. The molecule has 0 aromatic heterocycles. The van der Waals surface area contributed by atoms with Crippen molar-refractivity contribution in [2.45, 2.75) is 25.2 Å². The van der Waals surface area contributed by atoms with Crippen molar-refractivity contribution in [1.82, 2.24) is 5.32 Å². The Kier molecular flexibility index (Phi) is 5.91. The number of halogens is 1. The first-order valence-electron chi connectivity index (χ1n) is 8.56. The topological polar surface area (TPSA) is 75.6 Å². The third-order valence-electron chi connectivity index (χ3n) is 4.38. The highest BCUT2D eigenvalue weighted by atomic mass is 35.5. The fraction of sp³-hybridized carbons (Fsp3) is 0.300. The third kappa shape index (κ3) is 4.06. The van der Waals surface area contributed by atoms with Gasteiger partial charge in [0.25, 0.3) is 0 Å². The molecule has 0 aliphatic carbocycles. The summed E-state index contributed by atoms with van der Waals surface area (Å²) < 4.78 is 5.53. The van der Waals surface area contributed by atoms with E-state index in [9.17, 15) is 9.59 Å². The molecule has 0 bridgehead atoms. The number of aliphatic hydroxyl groups excluding tert-OH is 1. The quantitative estimate of drug-likeness (QED) is 0.601. The molecule has 0 saturated carbocycles. The van der Waals surface area contributed by atoms with Gasteiger partial charge in [0.05, 0.1) is 17.5 Å². The number of carbonyl (C=O) groups is 2. The van der Waals surface area contributed by atoms with Gasteiger partial charge in [-0.15, -0.1) is 0 Å². The Hall–Kier alpha value is -2.37. The summed E-state index contributed by atoms with van der Waals surface area (Å²) in [5.41, 5.74) is 2.48. The zero-order valence-corrected chi connectivity index (χ0v) is 15.0. The number of piperidine rings is 1. The van der Waals surface area contributed by atoms with Gasteiger partial charge < -0.3 is 9.84 Å². The molecular formula is C20H20ClNO4. The third-order valence-corrected chi connectivity index (χ3v) is 4.80. The molecule has 3 rings (SSSR count). The lowest BCUT2D eigenvalue weighted by Gasteiger charge is -2.23. The van der Waals surface area contributed by atoms with E-state index in [-0.39, 0.29) is 18.4 Å². The summed E-state index contributed by atoms with van der Waals surface area (Å²) in [6.45, 7) is 0.558. The first-order chi connectivity index (χ1) is 12.6. The Morgan fingerprint density at radius 3 is 2.62 bits per heavy atom. The van der Waals surface area contributed by atoms with Crippen molar-refractivity contribution in [2.75, 3.05) is 13.2 Å². The van der Waals surface area contributed by atoms with E-state index in [0.717, 1.165) is 22.4 Å². The summed E-state index contributed by atoms with van der Waals surface area (Å²) in [6.07, 6.45) is 1.36. The van der Waals surface area contributed by atoms with Gasteiger partial charge >= 0.3 is 0 Å². The average Bonchev–Trinajstić information content (AvgIpc) is 2.63. The van der Waals surface area contributed by atoms with Gasteiger partial charge in [0, 0.05) is 25.0 Å². The van der Waals surface area contributed by atoms with Crippen LogP contribution in [0.5, 0.6) is 5.75 Å². The van der Waals surface area contributed by atoms with Crippen LogP contribution in [-0.2, 0) is 9.59 Å². The maximum Gasteiger partial charge on any atom is 0.234 e. The van der Waals surface area contributed by atoms with Gasteiger partial charge in [-0.05, 0) is 29.7 Å². The predicted molar refractivity (Wildman–Crippen MR) is 99.2 cm³/mol. The normalized spacial score (nSPS) is 17.1. The van der Waals surface area contributed by atoms with Crippen LogP contribution in [0.2, 0.25) is 5.02 Å². The van der Waals surface area contributed by atoms with Gasteiger partial charge in [0.2, 0.25) is 11.8 Å². The number of imide groups is 1. The lowest BCUT2D eigenvalue weighted by atomic mass is 9.88. The number of nitrogens with one attached hydrogen (secondary N) is 1. The van der Waals surface area contributed by atoms with Crippen molar-refractivity contribution in [3.63, 3.8) is 0 Å². The molecule has 2 amide bonds. The Morgan fingerprint density at radius 2 is 1.92 bits per heavy atom. The van der Waals surface area contributed by atoms with Gasteiger partial charge in [-0.25, -0.2) is 0 Å². The SMILES string of the molecule is O=C1CCC(c2cccc(-c3ccc(OCCCO)cc3)c2Cl)C(=O)N1. The van der Waals surface area contributed by atoms with Gasteiger partial charge in [-0.1, -0.05) is 41.9 Å². The average molecular weight is 374 g/mol. The molecule has 1 aliphatic rings. The fourth-order valence-corrected chi connectivity index (χ4v) is 3.38. The number of ether oxygens (including phenoxy) is 1. The van der Waals surface area contributed by atoms with Crippen LogP contribution in [-0.4, -0.2) is 30.1 Å². The maximum atomic E-state index is 12.2. The van der Waals surface area contributed by atoms with E-state index in [4.69, 9.17) is 21.4 Å². The van der Waals surface area contributed by atoms with Crippen LogP contribution in [0.15, 0.2) is 42.5 Å². The highest BCUT2D eigenvalue weighted by Crippen LogP contribution is 2.37. The Balaban J connectivity index is 1.83. The molecule has 2 N–H and O–H groups in total. The van der Waals surface area contributed by atoms with Gasteiger partial charge in [0.1, 0.15) is 5.75 Å². The van der Waals surface area contributed by atoms with E-state index in [2.05, 4.69) is 5.32 Å². The van der Waals surface area contributed by atoms with Gasteiger partial charge in [-0.2, -0.15) is 0 Å². The molecule has 1 aliphatic heterocycles. The van der Waals surface area contributed by atoms with E-state index < -0.39 is 5.92 Å². The van der Waals surface area contributed by atoms with Crippen LogP contribution in [0.1, 0.15) is 30.7 Å². The Bertz CT molecular complexity index is 804. The second-order valence-corrected chi connectivity index (χ2v) is 6.54. The van der Waals surface area contributed by atoms with Crippen LogP contribution in [0.3, 0.4) is 0 Å². The predicted octanol–water partition coefficient (Wildman–Crippen LogP) is 3.29. The van der Waals surface area contributed by atoms with E-state index in [1.807, 2.05) is 42.5 Å². The molecule has 1 atom stereocenters. The minimum Gasteiger partial charge on any atom is -0.494 e. The number of hydrogen-bond donors (Lipinski definition) is 2. The zero-order valence-electron chi connectivity index (χ0n) is 14.2. The van der Waals surface area contributed by atoms with Crippen LogP contribution in [0, 0.1) is 0 Å². The molecule has 1 unspecified atom stereocenters. The van der Waals surface area contributed by atoms with Crippen molar-refractivity contribution in [3.8, 4) is 16.9 Å².